The molecule has 2 amide bonds. The van der Waals surface area contributed by atoms with E-state index in [0.717, 1.165) is 6.42 Å². The van der Waals surface area contributed by atoms with E-state index in [1.54, 1.807) is 7.05 Å². The summed E-state index contributed by atoms with van der Waals surface area (Å²) in [6.07, 6.45) is 0.845. The van der Waals surface area contributed by atoms with Crippen LogP contribution in [0, 0.1) is 0 Å². The van der Waals surface area contributed by atoms with Crippen LogP contribution in [0.25, 0.3) is 0 Å². The van der Waals surface area contributed by atoms with Gasteiger partial charge in [-0.05, 0) is 6.42 Å². The van der Waals surface area contributed by atoms with Gasteiger partial charge < -0.3 is 21.7 Å². The van der Waals surface area contributed by atoms with Crippen molar-refractivity contribution in [1.29, 1.82) is 0 Å². The van der Waals surface area contributed by atoms with E-state index < -0.39 is 0 Å². The molecule has 6 nitrogen and oxygen atoms in total. The smallest absolute Gasteiger partial charge is 0.263 e. The molecule has 0 fully saturated rings. The lowest BCUT2D eigenvalue weighted by Gasteiger charge is -2.03. The van der Waals surface area contributed by atoms with Gasteiger partial charge in [0.15, 0.2) is 0 Å². The van der Waals surface area contributed by atoms with E-state index in [4.69, 9.17) is 5.73 Å². The summed E-state index contributed by atoms with van der Waals surface area (Å²) < 4.78 is 0. The van der Waals surface area contributed by atoms with Gasteiger partial charge in [0.25, 0.3) is 11.8 Å². The normalized spacial score (nSPS) is 9.94. The van der Waals surface area contributed by atoms with Gasteiger partial charge >= 0.3 is 0 Å². The molecule has 0 bridgehead atoms. The van der Waals surface area contributed by atoms with Gasteiger partial charge in [-0.1, -0.05) is 6.92 Å². The molecule has 0 atom stereocenters. The van der Waals surface area contributed by atoms with Crippen LogP contribution in [-0.2, 0) is 0 Å². The van der Waals surface area contributed by atoms with Gasteiger partial charge in [-0.25, -0.2) is 0 Å². The second-order valence-corrected chi connectivity index (χ2v) is 4.65. The summed E-state index contributed by atoms with van der Waals surface area (Å²) in [5.74, 6) is -0.548. The number of nitrogen functional groups attached to an aromatic ring is 1. The summed E-state index contributed by atoms with van der Waals surface area (Å²) in [6.45, 7) is 2.55. The Labute approximate surface area is 110 Å². The zero-order valence-corrected chi connectivity index (χ0v) is 11.5. The Hall–Kier alpha value is -1.76. The van der Waals surface area contributed by atoms with Crippen molar-refractivity contribution < 1.29 is 9.59 Å². The number of nitrogens with two attached hydrogens (primary N) is 1. The Morgan fingerprint density at radius 1 is 1.28 bits per heavy atom. The van der Waals surface area contributed by atoms with Crippen LogP contribution in [0.15, 0.2) is 0 Å². The van der Waals surface area contributed by atoms with E-state index in [9.17, 15) is 9.59 Å². The highest BCUT2D eigenvalue weighted by molar-refractivity contribution is 7.19. The summed E-state index contributed by atoms with van der Waals surface area (Å²) in [7, 11) is 3.21. The second-order valence-electron chi connectivity index (χ2n) is 3.63. The first kappa shape index (κ1) is 14.3. The van der Waals surface area contributed by atoms with Crippen molar-refractivity contribution in [1.82, 2.24) is 10.6 Å². The lowest BCUT2D eigenvalue weighted by Crippen LogP contribution is -2.24. The molecule has 1 aromatic heterocycles. The monoisotopic (exact) mass is 270 g/mol. The van der Waals surface area contributed by atoms with Gasteiger partial charge in [-0.15, -0.1) is 11.3 Å². The van der Waals surface area contributed by atoms with Crippen molar-refractivity contribution in [2.24, 2.45) is 0 Å². The van der Waals surface area contributed by atoms with Crippen LogP contribution in [0.5, 0.6) is 0 Å². The number of carbonyl (C=O) groups is 2. The number of carbonyl (C=O) groups excluding carboxylic acids is 2. The maximum Gasteiger partial charge on any atom is 0.263 e. The molecule has 0 aliphatic heterocycles. The van der Waals surface area contributed by atoms with Crippen molar-refractivity contribution in [3.05, 3.63) is 10.4 Å². The van der Waals surface area contributed by atoms with Gasteiger partial charge in [0.05, 0.1) is 11.3 Å². The van der Waals surface area contributed by atoms with Crippen LogP contribution in [0.1, 0.15) is 33.4 Å². The highest BCUT2D eigenvalue weighted by atomic mass is 32.1. The molecule has 0 spiro atoms. The SMILES string of the molecule is CCCNC(=O)c1sc(NC)c(C(=O)NC)c1N. The van der Waals surface area contributed by atoms with Crippen molar-refractivity contribution in [2.75, 3.05) is 31.7 Å². The van der Waals surface area contributed by atoms with Crippen LogP contribution in [0.2, 0.25) is 0 Å². The fraction of sp³-hybridized carbons (Fsp3) is 0.455. The number of anilines is 2. The molecule has 18 heavy (non-hydrogen) atoms. The van der Waals surface area contributed by atoms with Crippen LogP contribution >= 0.6 is 11.3 Å². The summed E-state index contributed by atoms with van der Waals surface area (Å²) in [5.41, 5.74) is 6.42. The fourth-order valence-corrected chi connectivity index (χ4v) is 2.45. The summed E-state index contributed by atoms with van der Waals surface area (Å²) in [4.78, 5) is 24.0. The number of rotatable bonds is 5. The molecular weight excluding hydrogens is 252 g/mol. The van der Waals surface area contributed by atoms with Crippen LogP contribution < -0.4 is 21.7 Å². The quantitative estimate of drug-likeness (QED) is 0.638. The molecule has 0 radical (unpaired) electrons. The predicted molar refractivity (Wildman–Crippen MR) is 74.3 cm³/mol. The molecule has 100 valence electrons. The Morgan fingerprint density at radius 3 is 2.44 bits per heavy atom. The Bertz CT molecular complexity index is 456. The fourth-order valence-electron chi connectivity index (χ4n) is 1.46. The van der Waals surface area contributed by atoms with Gasteiger partial charge in [-0.2, -0.15) is 0 Å². The number of hydrogen-bond acceptors (Lipinski definition) is 5. The first-order valence-electron chi connectivity index (χ1n) is 5.67. The molecule has 0 aliphatic rings. The van der Waals surface area contributed by atoms with Crippen molar-refractivity contribution >= 4 is 33.8 Å². The standard InChI is InChI=1S/C11H18N4O2S/c1-4-5-15-10(17)8-7(12)6(9(16)13-2)11(14-3)18-8/h14H,4-5,12H2,1-3H3,(H,13,16)(H,15,17). The molecule has 0 saturated carbocycles. The highest BCUT2D eigenvalue weighted by Crippen LogP contribution is 2.35. The van der Waals surface area contributed by atoms with Crippen LogP contribution in [-0.4, -0.2) is 32.5 Å². The lowest BCUT2D eigenvalue weighted by molar-refractivity contribution is 0.0957. The van der Waals surface area contributed by atoms with Crippen molar-refractivity contribution in [3.63, 3.8) is 0 Å². The molecule has 5 N–H and O–H groups in total. The Balaban J connectivity index is 3.12. The minimum atomic E-state index is -0.303. The van der Waals surface area contributed by atoms with Crippen molar-refractivity contribution in [2.45, 2.75) is 13.3 Å². The minimum Gasteiger partial charge on any atom is -0.397 e. The van der Waals surface area contributed by atoms with E-state index in [0.29, 0.717) is 22.0 Å². The number of hydrogen-bond donors (Lipinski definition) is 4. The maximum atomic E-state index is 11.9. The molecule has 0 saturated heterocycles. The first-order chi connectivity index (χ1) is 8.56. The summed E-state index contributed by atoms with van der Waals surface area (Å²) in [6, 6.07) is 0. The van der Waals surface area contributed by atoms with Crippen LogP contribution in [0.3, 0.4) is 0 Å². The number of thiophene rings is 1. The Morgan fingerprint density at radius 2 is 1.94 bits per heavy atom. The van der Waals surface area contributed by atoms with Gasteiger partial charge in [0, 0.05) is 20.6 Å². The van der Waals surface area contributed by atoms with E-state index in [1.165, 1.54) is 18.4 Å². The Kier molecular flexibility index (Phi) is 4.96. The van der Waals surface area contributed by atoms with E-state index in [1.807, 2.05) is 6.92 Å². The third-order valence-electron chi connectivity index (χ3n) is 2.37. The van der Waals surface area contributed by atoms with Gasteiger partial charge in [0.1, 0.15) is 9.88 Å². The highest BCUT2D eigenvalue weighted by Gasteiger charge is 2.24. The molecule has 1 aromatic rings. The lowest BCUT2D eigenvalue weighted by atomic mass is 10.2. The van der Waals surface area contributed by atoms with Crippen molar-refractivity contribution in [3.8, 4) is 0 Å². The molecule has 1 rings (SSSR count). The van der Waals surface area contributed by atoms with E-state index >= 15 is 0 Å². The second kappa shape index (κ2) is 6.25. The average molecular weight is 270 g/mol. The van der Waals surface area contributed by atoms with Gasteiger partial charge in [0.2, 0.25) is 0 Å². The minimum absolute atomic E-state index is 0.220. The zero-order chi connectivity index (χ0) is 13.7. The third kappa shape index (κ3) is 2.73. The van der Waals surface area contributed by atoms with Crippen LogP contribution in [0.4, 0.5) is 10.7 Å². The molecule has 7 heteroatoms. The largest absolute Gasteiger partial charge is 0.397 e. The van der Waals surface area contributed by atoms with Gasteiger partial charge in [-0.3, -0.25) is 9.59 Å². The molecule has 0 aliphatic carbocycles. The van der Waals surface area contributed by atoms with E-state index in [-0.39, 0.29) is 17.5 Å². The summed E-state index contributed by atoms with van der Waals surface area (Å²) in [5, 5.41) is 8.72. The molecule has 0 unspecified atom stereocenters. The molecular formula is C11H18N4O2S. The third-order valence-corrected chi connectivity index (χ3v) is 3.59. The first-order valence-corrected chi connectivity index (χ1v) is 6.48. The molecule has 0 aromatic carbocycles. The maximum absolute atomic E-state index is 11.9. The molecule has 1 heterocycles. The van der Waals surface area contributed by atoms with E-state index in [2.05, 4.69) is 16.0 Å². The summed E-state index contributed by atoms with van der Waals surface area (Å²) >= 11 is 1.18. The number of nitrogens with one attached hydrogen (secondary N) is 3. The zero-order valence-electron chi connectivity index (χ0n) is 10.7. The predicted octanol–water partition coefficient (Wildman–Crippen LogP) is 0.871. The number of amides is 2. The topological polar surface area (TPSA) is 96.2 Å². The average Bonchev–Trinajstić information content (AvgIpc) is 2.72.